The van der Waals surface area contributed by atoms with E-state index in [1.165, 1.54) is 18.2 Å². The number of nitrogens with one attached hydrogen (secondary N) is 1. The first kappa shape index (κ1) is 19.6. The molecule has 3 rings (SSSR count). The summed E-state index contributed by atoms with van der Waals surface area (Å²) in [7, 11) is 0. The Bertz CT molecular complexity index is 1000. The molecule has 0 spiro atoms. The molecule has 7 heteroatoms. The number of benzene rings is 3. The number of carbonyl (C=O) groups is 1. The quantitative estimate of drug-likeness (QED) is 0.474. The maximum Gasteiger partial charge on any atom is 0.252 e. The molecule has 1 amide bonds. The Hall–Kier alpha value is -2.76. The molecule has 0 unspecified atom stereocenters. The van der Waals surface area contributed by atoms with Crippen LogP contribution in [-0.4, -0.2) is 21.8 Å². The summed E-state index contributed by atoms with van der Waals surface area (Å²) in [4.78, 5) is 10.9. The van der Waals surface area contributed by atoms with Crippen LogP contribution in [0.2, 0.25) is 10.0 Å². The fraction of sp³-hybridized carbons (Fsp3) is 0.0526. The van der Waals surface area contributed by atoms with Gasteiger partial charge in [0.2, 0.25) is 0 Å². The molecule has 0 radical (unpaired) electrons. The van der Waals surface area contributed by atoms with Gasteiger partial charge >= 0.3 is 0 Å². The third-order valence-corrected chi connectivity index (χ3v) is 4.10. The Morgan fingerprint density at radius 3 is 2.27 bits per heavy atom. The van der Waals surface area contributed by atoms with Gasteiger partial charge in [0.15, 0.2) is 0 Å². The van der Waals surface area contributed by atoms with Gasteiger partial charge in [-0.15, -0.1) is 0 Å². The highest BCUT2D eigenvalue weighted by Gasteiger charge is 2.10. The standard InChI is InChI=1S/C11H9NO2.C8H7Cl2NO/c12-11(14)9-6-5-7-3-1-2-4-8(7)10(9)13;1-4(11)6-2-5(9)3-7(10)8(6)12/h1-6,13H,(H2,12,14);2-3,11-12H,1H3. The van der Waals surface area contributed by atoms with Gasteiger partial charge in [0.1, 0.15) is 11.5 Å². The molecule has 0 aliphatic carbocycles. The van der Waals surface area contributed by atoms with Gasteiger partial charge in [-0.2, -0.15) is 0 Å². The van der Waals surface area contributed by atoms with Crippen molar-refractivity contribution in [2.45, 2.75) is 6.92 Å². The van der Waals surface area contributed by atoms with Crippen LogP contribution in [-0.2, 0) is 0 Å². The number of phenolic OH excluding ortho intramolecular Hbond substituents is 1. The second-order valence-electron chi connectivity index (χ2n) is 5.46. The van der Waals surface area contributed by atoms with E-state index in [-0.39, 0.29) is 27.8 Å². The van der Waals surface area contributed by atoms with Crippen molar-refractivity contribution in [3.63, 3.8) is 0 Å². The summed E-state index contributed by atoms with van der Waals surface area (Å²) in [5.74, 6) is -0.752. The number of carbonyl (C=O) groups excluding carboxylic acids is 1. The second-order valence-corrected chi connectivity index (χ2v) is 6.30. The van der Waals surface area contributed by atoms with Crippen LogP contribution < -0.4 is 5.73 Å². The minimum atomic E-state index is -0.617. The molecule has 0 heterocycles. The zero-order chi connectivity index (χ0) is 19.4. The number of aromatic hydroxyl groups is 2. The van der Waals surface area contributed by atoms with Crippen molar-refractivity contribution in [3.8, 4) is 11.5 Å². The first-order valence-corrected chi connectivity index (χ1v) is 8.22. The van der Waals surface area contributed by atoms with Gasteiger partial charge in [0.25, 0.3) is 5.91 Å². The van der Waals surface area contributed by atoms with Crippen LogP contribution in [0.5, 0.6) is 11.5 Å². The molecular formula is C19H16Cl2N2O3. The molecule has 0 bridgehead atoms. The van der Waals surface area contributed by atoms with Crippen molar-refractivity contribution in [1.82, 2.24) is 0 Å². The van der Waals surface area contributed by atoms with Gasteiger partial charge in [-0.3, -0.25) is 4.79 Å². The van der Waals surface area contributed by atoms with Crippen LogP contribution in [0.15, 0.2) is 48.5 Å². The monoisotopic (exact) mass is 390 g/mol. The van der Waals surface area contributed by atoms with E-state index in [1.807, 2.05) is 12.1 Å². The molecule has 5 nitrogen and oxygen atoms in total. The molecule has 0 aromatic heterocycles. The molecule has 0 atom stereocenters. The number of hydrogen-bond acceptors (Lipinski definition) is 4. The van der Waals surface area contributed by atoms with E-state index in [1.54, 1.807) is 25.1 Å². The molecule has 0 aliphatic rings. The Balaban J connectivity index is 0.000000190. The van der Waals surface area contributed by atoms with Crippen molar-refractivity contribution in [2.75, 3.05) is 0 Å². The van der Waals surface area contributed by atoms with Gasteiger partial charge in [-0.05, 0) is 30.5 Å². The topological polar surface area (TPSA) is 107 Å². The van der Waals surface area contributed by atoms with Crippen molar-refractivity contribution in [2.24, 2.45) is 5.73 Å². The van der Waals surface area contributed by atoms with E-state index in [0.29, 0.717) is 16.0 Å². The number of hydrogen-bond donors (Lipinski definition) is 4. The highest BCUT2D eigenvalue weighted by Crippen LogP contribution is 2.31. The maximum atomic E-state index is 10.9. The van der Waals surface area contributed by atoms with Crippen LogP contribution in [0.4, 0.5) is 0 Å². The first-order chi connectivity index (χ1) is 12.2. The van der Waals surface area contributed by atoms with E-state index in [4.69, 9.17) is 34.3 Å². The molecule has 0 saturated carbocycles. The minimum absolute atomic E-state index is 0.0457. The lowest BCUT2D eigenvalue weighted by atomic mass is 10.1. The van der Waals surface area contributed by atoms with Crippen molar-refractivity contribution < 1.29 is 15.0 Å². The molecule has 5 N–H and O–H groups in total. The predicted octanol–water partition coefficient (Wildman–Crippen LogP) is 4.73. The number of halogens is 2. The molecule has 3 aromatic carbocycles. The molecule has 26 heavy (non-hydrogen) atoms. The molecule has 0 saturated heterocycles. The summed E-state index contributed by atoms with van der Waals surface area (Å²) >= 11 is 11.3. The van der Waals surface area contributed by atoms with Gasteiger partial charge in [0, 0.05) is 21.7 Å². The van der Waals surface area contributed by atoms with Crippen LogP contribution >= 0.6 is 23.2 Å². The van der Waals surface area contributed by atoms with Crippen LogP contribution in [0.3, 0.4) is 0 Å². The Kier molecular flexibility index (Phi) is 6.08. The summed E-state index contributed by atoms with van der Waals surface area (Å²) in [6.45, 7) is 1.56. The lowest BCUT2D eigenvalue weighted by molar-refractivity contribution is 0.0998. The number of primary amides is 1. The number of amides is 1. The molecule has 134 valence electrons. The summed E-state index contributed by atoms with van der Waals surface area (Å²) in [5.41, 5.74) is 5.86. The van der Waals surface area contributed by atoms with Gasteiger partial charge < -0.3 is 21.4 Å². The van der Waals surface area contributed by atoms with Crippen LogP contribution in [0, 0.1) is 5.41 Å². The zero-order valence-electron chi connectivity index (χ0n) is 13.8. The van der Waals surface area contributed by atoms with Gasteiger partial charge in [-0.25, -0.2) is 0 Å². The SMILES string of the molecule is CC(=N)c1cc(Cl)cc(Cl)c1O.NC(=O)c1ccc2ccccc2c1O. The first-order valence-electron chi connectivity index (χ1n) is 7.46. The largest absolute Gasteiger partial charge is 0.506 e. The maximum absolute atomic E-state index is 10.9. The minimum Gasteiger partial charge on any atom is -0.506 e. The van der Waals surface area contributed by atoms with Crippen molar-refractivity contribution in [1.29, 1.82) is 5.41 Å². The van der Waals surface area contributed by atoms with Crippen molar-refractivity contribution >= 4 is 45.6 Å². The number of fused-ring (bicyclic) bond motifs is 1. The molecule has 0 fully saturated rings. The second kappa shape index (κ2) is 8.08. The van der Waals surface area contributed by atoms with Crippen LogP contribution in [0.1, 0.15) is 22.8 Å². The molecule has 3 aromatic rings. The van der Waals surface area contributed by atoms with Crippen molar-refractivity contribution in [3.05, 3.63) is 69.7 Å². The molecule has 0 aliphatic heterocycles. The number of phenols is 2. The van der Waals surface area contributed by atoms with Gasteiger partial charge in [-0.1, -0.05) is 53.5 Å². The zero-order valence-corrected chi connectivity index (χ0v) is 15.3. The summed E-state index contributed by atoms with van der Waals surface area (Å²) in [6.07, 6.45) is 0. The van der Waals surface area contributed by atoms with E-state index >= 15 is 0 Å². The van der Waals surface area contributed by atoms with E-state index in [2.05, 4.69) is 0 Å². The lowest BCUT2D eigenvalue weighted by Crippen LogP contribution is -2.10. The summed E-state index contributed by atoms with van der Waals surface area (Å²) in [5, 5.41) is 28.5. The third kappa shape index (κ3) is 4.25. The van der Waals surface area contributed by atoms with E-state index in [9.17, 15) is 15.0 Å². The highest BCUT2D eigenvalue weighted by molar-refractivity contribution is 6.36. The number of nitrogens with two attached hydrogens (primary N) is 1. The highest BCUT2D eigenvalue weighted by atomic mass is 35.5. The average molecular weight is 391 g/mol. The predicted molar refractivity (Wildman–Crippen MR) is 105 cm³/mol. The molecular weight excluding hydrogens is 375 g/mol. The fourth-order valence-corrected chi connectivity index (χ4v) is 2.80. The lowest BCUT2D eigenvalue weighted by Gasteiger charge is -2.04. The van der Waals surface area contributed by atoms with E-state index < -0.39 is 5.91 Å². The third-order valence-electron chi connectivity index (χ3n) is 3.60. The number of rotatable bonds is 2. The summed E-state index contributed by atoms with van der Waals surface area (Å²) < 4.78 is 0. The Morgan fingerprint density at radius 1 is 1.00 bits per heavy atom. The Labute approximate surface area is 160 Å². The fourth-order valence-electron chi connectivity index (χ4n) is 2.31. The van der Waals surface area contributed by atoms with Gasteiger partial charge in [0.05, 0.1) is 10.6 Å². The summed E-state index contributed by atoms with van der Waals surface area (Å²) in [6, 6.07) is 13.5. The van der Waals surface area contributed by atoms with E-state index in [0.717, 1.165) is 5.39 Å². The average Bonchev–Trinajstić information content (AvgIpc) is 2.58. The normalized spacial score (nSPS) is 10.1. The smallest absolute Gasteiger partial charge is 0.252 e. The van der Waals surface area contributed by atoms with Crippen LogP contribution in [0.25, 0.3) is 10.8 Å². The Morgan fingerprint density at radius 2 is 1.65 bits per heavy atom.